The highest BCUT2D eigenvalue weighted by molar-refractivity contribution is 7.80. The summed E-state index contributed by atoms with van der Waals surface area (Å²) < 4.78 is 24.0. The van der Waals surface area contributed by atoms with E-state index in [0.29, 0.717) is 18.6 Å². The maximum absolute atomic E-state index is 13.6. The number of halogens is 1. The van der Waals surface area contributed by atoms with Gasteiger partial charge < -0.3 is 30.9 Å². The molecule has 1 aromatic rings. The van der Waals surface area contributed by atoms with Gasteiger partial charge in [-0.1, -0.05) is 19.1 Å². The molecule has 0 aliphatic heterocycles. The summed E-state index contributed by atoms with van der Waals surface area (Å²) in [5, 5.41) is 13.7. The lowest BCUT2D eigenvalue weighted by atomic mass is 10.2. The van der Waals surface area contributed by atoms with Crippen LogP contribution in [0.1, 0.15) is 49.3 Å². The number of carbonyl (C=O) groups excluding carboxylic acids is 3. The van der Waals surface area contributed by atoms with Gasteiger partial charge in [-0.15, -0.1) is 0 Å². The van der Waals surface area contributed by atoms with Gasteiger partial charge in [0.25, 0.3) is 11.8 Å². The Hall–Kier alpha value is -2.80. The van der Waals surface area contributed by atoms with Crippen LogP contribution in [0.15, 0.2) is 36.1 Å². The molecule has 0 saturated carbocycles. The van der Waals surface area contributed by atoms with E-state index in [-0.39, 0.29) is 36.7 Å². The second-order valence-corrected chi connectivity index (χ2v) is 7.61. The monoisotopic (exact) mass is 512 g/mol. The van der Waals surface area contributed by atoms with E-state index < -0.39 is 42.5 Å². The van der Waals surface area contributed by atoms with Crippen molar-refractivity contribution in [3.63, 3.8) is 0 Å². The van der Waals surface area contributed by atoms with Crippen molar-refractivity contribution >= 4 is 30.4 Å². The van der Waals surface area contributed by atoms with E-state index >= 15 is 0 Å². The molecule has 1 heterocycles. The van der Waals surface area contributed by atoms with Crippen LogP contribution in [-0.4, -0.2) is 59.2 Å². The lowest BCUT2D eigenvalue weighted by Gasteiger charge is -2.21. The number of nitrogens with zero attached hydrogens (tertiary/aromatic N) is 1. The number of aliphatic hydroxyl groups excluding tert-OH is 1. The van der Waals surface area contributed by atoms with Crippen LogP contribution in [0.25, 0.3) is 0 Å². The molecule has 194 valence electrons. The van der Waals surface area contributed by atoms with Crippen LogP contribution in [0, 0.1) is 5.82 Å². The van der Waals surface area contributed by atoms with Gasteiger partial charge in [-0.25, -0.2) is 14.2 Å². The van der Waals surface area contributed by atoms with Crippen LogP contribution < -0.4 is 16.4 Å². The van der Waals surface area contributed by atoms with Crippen molar-refractivity contribution in [2.45, 2.75) is 51.8 Å². The van der Waals surface area contributed by atoms with Crippen LogP contribution in [-0.2, 0) is 25.6 Å². The summed E-state index contributed by atoms with van der Waals surface area (Å²) in [6.45, 7) is 2.74. The van der Waals surface area contributed by atoms with Gasteiger partial charge in [0.15, 0.2) is 0 Å². The summed E-state index contributed by atoms with van der Waals surface area (Å²) in [7, 11) is 0. The quantitative estimate of drug-likeness (QED) is 0.0590. The van der Waals surface area contributed by atoms with E-state index in [2.05, 4.69) is 28.2 Å². The molecule has 5 N–H and O–H groups in total. The second-order valence-electron chi connectivity index (χ2n) is 7.16. The highest BCUT2D eigenvalue weighted by Crippen LogP contribution is 2.09. The average molecular weight is 513 g/mol. The molecular weight excluding hydrogens is 479 g/mol. The number of esters is 1. The lowest BCUT2D eigenvalue weighted by Crippen LogP contribution is -2.45. The molecule has 0 aliphatic carbocycles. The zero-order valence-corrected chi connectivity index (χ0v) is 20.7. The number of ether oxygens (including phenoxy) is 2. The van der Waals surface area contributed by atoms with Crippen molar-refractivity contribution in [2.24, 2.45) is 5.73 Å². The molecule has 2 amide bonds. The van der Waals surface area contributed by atoms with Gasteiger partial charge in [-0.05, 0) is 43.7 Å². The molecule has 0 aliphatic rings. The van der Waals surface area contributed by atoms with E-state index in [1.165, 1.54) is 19.1 Å². The first-order valence-corrected chi connectivity index (χ1v) is 11.7. The van der Waals surface area contributed by atoms with Crippen LogP contribution >= 0.6 is 12.6 Å². The van der Waals surface area contributed by atoms with Crippen LogP contribution in [0.3, 0.4) is 0 Å². The highest BCUT2D eigenvalue weighted by atomic mass is 32.1. The number of nitrogens with two attached hydrogens (primary N) is 1. The van der Waals surface area contributed by atoms with Crippen molar-refractivity contribution < 1.29 is 33.4 Å². The Kier molecular flexibility index (Phi) is 14.5. The largest absolute Gasteiger partial charge is 0.457 e. The number of rotatable bonds is 15. The van der Waals surface area contributed by atoms with Gasteiger partial charge in [-0.2, -0.15) is 12.6 Å². The molecule has 0 spiro atoms. The molecule has 0 unspecified atom stereocenters. The number of aliphatic hydroxyl groups is 1. The Bertz CT molecular complexity index is 912. The van der Waals surface area contributed by atoms with Crippen LogP contribution in [0.4, 0.5) is 4.39 Å². The fourth-order valence-corrected chi connectivity index (χ4v) is 2.93. The van der Waals surface area contributed by atoms with Gasteiger partial charge in [0.05, 0.1) is 12.3 Å². The summed E-state index contributed by atoms with van der Waals surface area (Å²) in [4.78, 5) is 41.8. The Morgan fingerprint density at radius 2 is 2.09 bits per heavy atom. The average Bonchev–Trinajstić information content (AvgIpc) is 2.85. The minimum Gasteiger partial charge on any atom is -0.457 e. The van der Waals surface area contributed by atoms with E-state index in [0.717, 1.165) is 6.07 Å². The number of nitrogens with one attached hydrogen (secondary N) is 2. The number of allylic oxidation sites excluding steroid dienone is 2. The molecule has 1 rings (SSSR count). The summed E-state index contributed by atoms with van der Waals surface area (Å²) in [6.07, 6.45) is 5.46. The summed E-state index contributed by atoms with van der Waals surface area (Å²) in [5.74, 6) is -2.14. The van der Waals surface area contributed by atoms with E-state index in [4.69, 9.17) is 20.3 Å². The normalized spacial score (nSPS) is 13.4. The molecule has 35 heavy (non-hydrogen) atoms. The minimum absolute atomic E-state index is 0.0831. The molecule has 12 heteroatoms. The van der Waals surface area contributed by atoms with Gasteiger partial charge >= 0.3 is 5.97 Å². The molecular formula is C23H33FN4O6S. The third-order valence-corrected chi connectivity index (χ3v) is 4.93. The molecule has 1 aromatic heterocycles. The molecule has 0 fully saturated rings. The second kappa shape index (κ2) is 16.8. The summed E-state index contributed by atoms with van der Waals surface area (Å²) in [6, 6.07) is 1.25. The fraction of sp³-hybridized carbons (Fsp3) is 0.478. The Morgan fingerprint density at radius 3 is 2.69 bits per heavy atom. The van der Waals surface area contributed by atoms with Crippen molar-refractivity contribution in [1.29, 1.82) is 0 Å². The Labute approximate surface area is 209 Å². The third kappa shape index (κ3) is 10.6. The zero-order chi connectivity index (χ0) is 26.2. The molecule has 10 nitrogen and oxygen atoms in total. The minimum atomic E-state index is -0.985. The van der Waals surface area contributed by atoms with Crippen LogP contribution in [0.5, 0.6) is 0 Å². The predicted octanol–water partition coefficient (Wildman–Crippen LogP) is 1.35. The van der Waals surface area contributed by atoms with Crippen molar-refractivity contribution in [1.82, 2.24) is 15.6 Å². The van der Waals surface area contributed by atoms with E-state index in [1.54, 1.807) is 13.0 Å². The first-order chi connectivity index (χ1) is 16.8. The maximum atomic E-state index is 13.6. The van der Waals surface area contributed by atoms with Crippen molar-refractivity contribution in [2.75, 3.05) is 19.2 Å². The summed E-state index contributed by atoms with van der Waals surface area (Å²) in [5.41, 5.74) is 5.09. The number of carbonyl (C=O) groups is 3. The van der Waals surface area contributed by atoms with E-state index in [9.17, 15) is 18.8 Å². The SMILES string of the molecule is C/C=C(\NC(=O)c1ccc(F)c(CN)n1)C(=O)N[C@@H](CC)C(=O)O[C@H](/C=C/CCS)CCOCO. The first kappa shape index (κ1) is 30.2. The molecule has 2 atom stereocenters. The van der Waals surface area contributed by atoms with Gasteiger partial charge in [0, 0.05) is 13.0 Å². The third-order valence-electron chi connectivity index (χ3n) is 4.68. The Balaban J connectivity index is 2.83. The standard InChI is InChI=1S/C23H33FN4O6S/c1-3-17(27-22(31)19-9-8-16(24)20(13-25)26-19)21(30)28-18(4-2)23(32)34-15(7-5-6-12-35)10-11-33-14-29/h3,5,7-9,15,18,29,35H,4,6,10-14,25H2,1-2H3,(H,27,31)(H,28,30)/b7-5+,17-3-/t15-,18+/m1/s1. The molecule has 0 radical (unpaired) electrons. The zero-order valence-electron chi connectivity index (χ0n) is 19.8. The first-order valence-electron chi connectivity index (χ1n) is 11.1. The smallest absolute Gasteiger partial charge is 0.329 e. The molecule has 0 saturated heterocycles. The number of hydrogen-bond acceptors (Lipinski definition) is 9. The number of thiol groups is 1. The van der Waals surface area contributed by atoms with Gasteiger partial charge in [-0.3, -0.25) is 9.59 Å². The number of hydrogen-bond donors (Lipinski definition) is 5. The number of pyridine rings is 1. The van der Waals surface area contributed by atoms with Crippen LogP contribution in [0.2, 0.25) is 0 Å². The Morgan fingerprint density at radius 1 is 1.34 bits per heavy atom. The van der Waals surface area contributed by atoms with Crippen molar-refractivity contribution in [3.05, 3.63) is 53.3 Å². The topological polar surface area (TPSA) is 153 Å². The van der Waals surface area contributed by atoms with Crippen molar-refractivity contribution in [3.8, 4) is 0 Å². The molecule has 0 bridgehead atoms. The maximum Gasteiger partial charge on any atom is 0.329 e. The summed E-state index contributed by atoms with van der Waals surface area (Å²) >= 11 is 4.13. The lowest BCUT2D eigenvalue weighted by molar-refractivity contribution is -0.151. The van der Waals surface area contributed by atoms with Gasteiger partial charge in [0.1, 0.15) is 36.1 Å². The number of amides is 2. The fourth-order valence-electron chi connectivity index (χ4n) is 2.78. The highest BCUT2D eigenvalue weighted by Gasteiger charge is 2.25. The van der Waals surface area contributed by atoms with E-state index in [1.807, 2.05) is 6.08 Å². The number of aromatic nitrogens is 1. The predicted molar refractivity (Wildman–Crippen MR) is 131 cm³/mol. The van der Waals surface area contributed by atoms with Gasteiger partial charge in [0.2, 0.25) is 0 Å². The molecule has 0 aromatic carbocycles.